The van der Waals surface area contributed by atoms with E-state index in [0.29, 0.717) is 45.2 Å². The largest absolute Gasteiger partial charge is 0.368 e. The number of aryl methyl sites for hydroxylation is 1. The van der Waals surface area contributed by atoms with Gasteiger partial charge in [-0.05, 0) is 37.1 Å². The van der Waals surface area contributed by atoms with Crippen LogP contribution in [-0.2, 0) is 0 Å². The Morgan fingerprint density at radius 2 is 1.97 bits per heavy atom. The van der Waals surface area contributed by atoms with Crippen LogP contribution in [-0.4, -0.2) is 29.5 Å². The molecular weight excluding hydrogens is 440 g/mol. The van der Waals surface area contributed by atoms with Crippen LogP contribution in [0.15, 0.2) is 53.6 Å². The van der Waals surface area contributed by atoms with Crippen LogP contribution >= 0.6 is 11.6 Å². The van der Waals surface area contributed by atoms with Gasteiger partial charge in [-0.3, -0.25) is 9.36 Å². The molecule has 33 heavy (non-hydrogen) atoms. The summed E-state index contributed by atoms with van der Waals surface area (Å²) in [4.78, 5) is 34.4. The maximum atomic E-state index is 13.8. The molecule has 0 spiro atoms. The number of rotatable bonds is 5. The number of anilines is 2. The van der Waals surface area contributed by atoms with Gasteiger partial charge in [-0.25, -0.2) is 9.97 Å². The number of nitrogens with zero attached hydrogens (tertiary/aromatic N) is 5. The maximum absolute atomic E-state index is 13.8. The first-order valence-corrected chi connectivity index (χ1v) is 10.9. The molecule has 0 amide bonds. The minimum Gasteiger partial charge on any atom is -0.368 e. The van der Waals surface area contributed by atoms with Gasteiger partial charge in [0.15, 0.2) is 11.5 Å². The average molecular weight is 461 g/mol. The molecule has 1 atom stereocenters. The first kappa shape index (κ1) is 20.9. The molecule has 0 fully saturated rings. The second kappa shape index (κ2) is 8.18. The first-order chi connectivity index (χ1) is 16.0. The van der Waals surface area contributed by atoms with Crippen molar-refractivity contribution in [3.63, 3.8) is 0 Å². The van der Waals surface area contributed by atoms with Gasteiger partial charge in [-0.1, -0.05) is 42.8 Å². The Balaban J connectivity index is 1.77. The molecule has 0 unspecified atom stereocenters. The van der Waals surface area contributed by atoms with Crippen molar-refractivity contribution in [2.24, 2.45) is 0 Å². The molecule has 0 radical (unpaired) electrons. The predicted octanol–water partition coefficient (Wildman–Crippen LogP) is 4.16. The van der Waals surface area contributed by atoms with E-state index < -0.39 is 0 Å². The summed E-state index contributed by atoms with van der Waals surface area (Å²) in [6.45, 7) is 3.96. The lowest BCUT2D eigenvalue weighted by Crippen LogP contribution is -2.29. The van der Waals surface area contributed by atoms with E-state index in [2.05, 4.69) is 25.3 Å². The number of nitrogens with one attached hydrogen (secondary N) is 2. The van der Waals surface area contributed by atoms with Crippen molar-refractivity contribution in [1.29, 1.82) is 0 Å². The van der Waals surface area contributed by atoms with Crippen molar-refractivity contribution in [3.05, 3.63) is 75.6 Å². The molecule has 0 bridgehead atoms. The molecule has 3 aromatic heterocycles. The van der Waals surface area contributed by atoms with E-state index in [9.17, 15) is 4.79 Å². The van der Waals surface area contributed by atoms with Crippen molar-refractivity contribution in [1.82, 2.24) is 29.5 Å². The number of imidazole rings is 1. The van der Waals surface area contributed by atoms with E-state index in [0.717, 1.165) is 11.3 Å². The van der Waals surface area contributed by atoms with Gasteiger partial charge < -0.3 is 16.0 Å². The molecule has 2 aromatic carbocycles. The molecule has 9 nitrogen and oxygen atoms in total. The van der Waals surface area contributed by atoms with Gasteiger partial charge in [0, 0.05) is 0 Å². The number of para-hydroxylation sites is 1. The molecule has 10 heteroatoms. The SMILES string of the molecule is CC[C@H](Nc1nc(N)nc2nc[nH]c12)c1nc2cccc(Cl)c2c(=O)n1-c1ccccc1C. The van der Waals surface area contributed by atoms with Gasteiger partial charge in [0.25, 0.3) is 5.56 Å². The minimum atomic E-state index is -0.374. The fraction of sp³-hybridized carbons (Fsp3) is 0.174. The first-order valence-electron chi connectivity index (χ1n) is 10.5. The quantitative estimate of drug-likeness (QED) is 0.359. The zero-order valence-corrected chi connectivity index (χ0v) is 18.8. The molecule has 3 heterocycles. The van der Waals surface area contributed by atoms with Crippen LogP contribution in [0.25, 0.3) is 27.8 Å². The summed E-state index contributed by atoms with van der Waals surface area (Å²) in [5.74, 6) is 1.12. The van der Waals surface area contributed by atoms with E-state index in [1.807, 2.05) is 38.1 Å². The Morgan fingerprint density at radius 3 is 2.76 bits per heavy atom. The van der Waals surface area contributed by atoms with Crippen molar-refractivity contribution >= 4 is 45.4 Å². The van der Waals surface area contributed by atoms with Gasteiger partial charge in [0.1, 0.15) is 11.3 Å². The molecule has 166 valence electrons. The number of fused-ring (bicyclic) bond motifs is 2. The van der Waals surface area contributed by atoms with Crippen LogP contribution in [0.4, 0.5) is 11.8 Å². The Labute approximate surface area is 193 Å². The van der Waals surface area contributed by atoms with Crippen LogP contribution in [0, 0.1) is 6.92 Å². The van der Waals surface area contributed by atoms with Crippen LogP contribution in [0.1, 0.15) is 30.8 Å². The summed E-state index contributed by atoms with van der Waals surface area (Å²) in [5.41, 5.74) is 8.94. The van der Waals surface area contributed by atoms with E-state index in [1.54, 1.807) is 22.8 Å². The third-order valence-electron chi connectivity index (χ3n) is 5.56. The molecule has 4 N–H and O–H groups in total. The number of nitrogens with two attached hydrogens (primary N) is 1. The molecule has 0 saturated heterocycles. The number of H-pyrrole nitrogens is 1. The smallest absolute Gasteiger partial charge is 0.267 e. The number of halogens is 1. The van der Waals surface area contributed by atoms with Crippen molar-refractivity contribution in [3.8, 4) is 5.69 Å². The van der Waals surface area contributed by atoms with Gasteiger partial charge in [-0.2, -0.15) is 9.97 Å². The fourth-order valence-electron chi connectivity index (χ4n) is 3.96. The monoisotopic (exact) mass is 460 g/mol. The Morgan fingerprint density at radius 1 is 1.15 bits per heavy atom. The Kier molecular flexibility index (Phi) is 5.18. The van der Waals surface area contributed by atoms with Gasteiger partial charge in [-0.15, -0.1) is 0 Å². The van der Waals surface area contributed by atoms with E-state index >= 15 is 0 Å². The highest BCUT2D eigenvalue weighted by molar-refractivity contribution is 6.35. The summed E-state index contributed by atoms with van der Waals surface area (Å²) in [6.07, 6.45) is 2.15. The fourth-order valence-corrected chi connectivity index (χ4v) is 4.21. The van der Waals surface area contributed by atoms with Gasteiger partial charge in [0.05, 0.1) is 34.0 Å². The lowest BCUT2D eigenvalue weighted by atomic mass is 10.1. The van der Waals surface area contributed by atoms with E-state index in [-0.39, 0.29) is 17.5 Å². The minimum absolute atomic E-state index is 0.0986. The Bertz CT molecular complexity index is 1560. The van der Waals surface area contributed by atoms with E-state index in [4.69, 9.17) is 22.3 Å². The average Bonchev–Trinajstić information content (AvgIpc) is 3.26. The molecule has 0 aliphatic carbocycles. The molecule has 0 saturated carbocycles. The molecule has 0 aliphatic rings. The number of aromatic nitrogens is 6. The normalized spacial score (nSPS) is 12.3. The maximum Gasteiger partial charge on any atom is 0.267 e. The highest BCUT2D eigenvalue weighted by Crippen LogP contribution is 2.28. The summed E-state index contributed by atoms with van der Waals surface area (Å²) in [5, 5.41) is 4.14. The van der Waals surface area contributed by atoms with Crippen LogP contribution in [0.2, 0.25) is 5.02 Å². The van der Waals surface area contributed by atoms with Gasteiger partial charge >= 0.3 is 0 Å². The van der Waals surface area contributed by atoms with Crippen molar-refractivity contribution < 1.29 is 0 Å². The Hall–Kier alpha value is -3.98. The lowest BCUT2D eigenvalue weighted by molar-refractivity contribution is 0.658. The second-order valence-corrected chi connectivity index (χ2v) is 8.07. The third kappa shape index (κ3) is 3.56. The summed E-state index contributed by atoms with van der Waals surface area (Å²) < 4.78 is 1.62. The number of hydrogen-bond donors (Lipinski definition) is 3. The van der Waals surface area contributed by atoms with Crippen LogP contribution in [0.3, 0.4) is 0 Å². The molecule has 0 aliphatic heterocycles. The summed E-state index contributed by atoms with van der Waals surface area (Å²) in [6, 6.07) is 12.6. The highest BCUT2D eigenvalue weighted by Gasteiger charge is 2.23. The zero-order chi connectivity index (χ0) is 23.1. The van der Waals surface area contributed by atoms with E-state index in [1.165, 1.54) is 6.33 Å². The summed E-state index contributed by atoms with van der Waals surface area (Å²) >= 11 is 6.42. The number of hydrogen-bond acceptors (Lipinski definition) is 7. The molecular formula is C23H21ClN8O. The number of benzene rings is 2. The lowest BCUT2D eigenvalue weighted by Gasteiger charge is -2.23. The van der Waals surface area contributed by atoms with Crippen molar-refractivity contribution in [2.75, 3.05) is 11.1 Å². The van der Waals surface area contributed by atoms with Crippen LogP contribution < -0.4 is 16.6 Å². The second-order valence-electron chi connectivity index (χ2n) is 7.67. The van der Waals surface area contributed by atoms with Crippen molar-refractivity contribution in [2.45, 2.75) is 26.3 Å². The zero-order valence-electron chi connectivity index (χ0n) is 18.0. The highest BCUT2D eigenvalue weighted by atomic mass is 35.5. The number of nitrogen functional groups attached to an aromatic ring is 1. The van der Waals surface area contributed by atoms with Crippen LogP contribution in [0.5, 0.6) is 0 Å². The third-order valence-corrected chi connectivity index (χ3v) is 5.88. The predicted molar refractivity (Wildman–Crippen MR) is 130 cm³/mol. The summed E-state index contributed by atoms with van der Waals surface area (Å²) in [7, 11) is 0. The number of aromatic amines is 1. The topological polar surface area (TPSA) is 127 Å². The van der Waals surface area contributed by atoms with Gasteiger partial charge in [0.2, 0.25) is 5.95 Å². The molecule has 5 rings (SSSR count). The molecule has 5 aromatic rings. The standard InChI is InChI=1S/C23H21ClN8O/c1-3-14(28-20-18-19(27-11-26-18)30-23(25)31-20)21-29-15-9-6-8-13(24)17(15)22(33)32(21)16-10-5-4-7-12(16)2/h4-11,14H,3H2,1-2H3,(H4,25,26,27,28,30,31)/t14-/m0/s1.